The van der Waals surface area contributed by atoms with Gasteiger partial charge in [0, 0.05) is 24.7 Å². The number of rotatable bonds is 5. The van der Waals surface area contributed by atoms with Crippen LogP contribution in [0.3, 0.4) is 0 Å². The minimum Gasteiger partial charge on any atom is -0.504 e. The van der Waals surface area contributed by atoms with Gasteiger partial charge in [-0.05, 0) is 30.7 Å². The van der Waals surface area contributed by atoms with E-state index in [4.69, 9.17) is 4.74 Å². The highest BCUT2D eigenvalue weighted by Gasteiger charge is 2.37. The van der Waals surface area contributed by atoms with Gasteiger partial charge in [0.15, 0.2) is 11.5 Å². The Bertz CT molecular complexity index is 893. The lowest BCUT2D eigenvalue weighted by Gasteiger charge is -2.18. The molecule has 0 radical (unpaired) electrons. The third-order valence-corrected chi connectivity index (χ3v) is 5.34. The highest BCUT2D eigenvalue weighted by molar-refractivity contribution is 8.18. The molecule has 2 aliphatic heterocycles. The summed E-state index contributed by atoms with van der Waals surface area (Å²) in [5.74, 6) is -1.52. The number of nitro groups is 1. The first-order chi connectivity index (χ1) is 13.3. The van der Waals surface area contributed by atoms with E-state index < -0.39 is 21.8 Å². The predicted molar refractivity (Wildman–Crippen MR) is 99.8 cm³/mol. The second-order valence-corrected chi connectivity index (χ2v) is 7.19. The Kier molecular flexibility index (Phi) is 5.54. The zero-order valence-electron chi connectivity index (χ0n) is 14.9. The summed E-state index contributed by atoms with van der Waals surface area (Å²) in [5.41, 5.74) is -0.383. The largest absolute Gasteiger partial charge is 0.504 e. The van der Waals surface area contributed by atoms with E-state index >= 15 is 0 Å². The van der Waals surface area contributed by atoms with E-state index in [2.05, 4.69) is 0 Å². The Morgan fingerprint density at radius 2 is 2.04 bits per heavy atom. The number of methoxy groups -OCH3 is 1. The molecule has 2 heterocycles. The molecule has 0 unspecified atom stereocenters. The number of non-ortho nitro benzene ring substituents is 1. The van der Waals surface area contributed by atoms with Gasteiger partial charge in [-0.25, -0.2) is 0 Å². The smallest absolute Gasteiger partial charge is 0.294 e. The summed E-state index contributed by atoms with van der Waals surface area (Å²) in [5, 5.41) is 20.6. The van der Waals surface area contributed by atoms with Crippen molar-refractivity contribution in [2.45, 2.75) is 12.8 Å². The molecule has 0 aromatic heterocycles. The standard InChI is InChI=1S/C17H17N3O7S/c1-27-12-8-11(20(25)26)6-10(15(12)22)7-13-16(23)19(17(24)28-13)9-14(21)18-4-2-3-5-18/h6-8,22H,2-5,9H2,1H3/b13-7-. The Balaban J connectivity index is 1.86. The number of carbonyl (C=O) groups excluding carboxylic acids is 3. The highest BCUT2D eigenvalue weighted by atomic mass is 32.2. The summed E-state index contributed by atoms with van der Waals surface area (Å²) < 4.78 is 4.92. The maximum atomic E-state index is 12.6. The summed E-state index contributed by atoms with van der Waals surface area (Å²) in [6, 6.07) is 2.12. The Hall–Kier alpha value is -3.08. The molecule has 0 bridgehead atoms. The molecule has 2 saturated heterocycles. The van der Waals surface area contributed by atoms with Gasteiger partial charge >= 0.3 is 0 Å². The third-order valence-electron chi connectivity index (χ3n) is 4.43. The van der Waals surface area contributed by atoms with Crippen molar-refractivity contribution in [2.75, 3.05) is 26.7 Å². The second-order valence-electron chi connectivity index (χ2n) is 6.20. The highest BCUT2D eigenvalue weighted by Crippen LogP contribution is 2.39. The van der Waals surface area contributed by atoms with Gasteiger partial charge in [0.1, 0.15) is 6.54 Å². The molecule has 3 amide bonds. The van der Waals surface area contributed by atoms with Crippen molar-refractivity contribution in [2.24, 2.45) is 0 Å². The van der Waals surface area contributed by atoms with Crippen LogP contribution in [0.2, 0.25) is 0 Å². The van der Waals surface area contributed by atoms with Gasteiger partial charge in [-0.15, -0.1) is 0 Å². The van der Waals surface area contributed by atoms with E-state index in [0.717, 1.165) is 29.9 Å². The van der Waals surface area contributed by atoms with Crippen molar-refractivity contribution in [1.82, 2.24) is 9.80 Å². The molecule has 1 aromatic rings. The average molecular weight is 407 g/mol. The van der Waals surface area contributed by atoms with Crippen molar-refractivity contribution in [3.8, 4) is 11.5 Å². The van der Waals surface area contributed by atoms with Crippen LogP contribution in [0.1, 0.15) is 18.4 Å². The van der Waals surface area contributed by atoms with E-state index in [-0.39, 0.29) is 34.4 Å². The number of likely N-dealkylation sites (tertiary alicyclic amines) is 1. The first-order valence-corrected chi connectivity index (χ1v) is 9.22. The minimum absolute atomic E-state index is 0.0394. The van der Waals surface area contributed by atoms with Crippen LogP contribution in [-0.2, 0) is 9.59 Å². The van der Waals surface area contributed by atoms with Crippen molar-refractivity contribution >= 4 is 40.6 Å². The molecule has 148 valence electrons. The van der Waals surface area contributed by atoms with Gasteiger partial charge in [0.05, 0.1) is 23.0 Å². The van der Waals surface area contributed by atoms with Gasteiger partial charge in [-0.2, -0.15) is 0 Å². The summed E-state index contributed by atoms with van der Waals surface area (Å²) in [6.07, 6.45) is 2.96. The number of hydrogen-bond donors (Lipinski definition) is 1. The first kappa shape index (κ1) is 19.7. The van der Waals surface area contributed by atoms with E-state index in [1.54, 1.807) is 4.90 Å². The molecule has 2 aliphatic rings. The monoisotopic (exact) mass is 407 g/mol. The summed E-state index contributed by atoms with van der Waals surface area (Å²) in [7, 11) is 1.24. The lowest BCUT2D eigenvalue weighted by molar-refractivity contribution is -0.385. The van der Waals surface area contributed by atoms with Crippen LogP contribution in [0.15, 0.2) is 17.0 Å². The fourth-order valence-electron chi connectivity index (χ4n) is 2.96. The molecule has 2 fully saturated rings. The molecule has 0 spiro atoms. The molecular weight excluding hydrogens is 390 g/mol. The van der Waals surface area contributed by atoms with Gasteiger partial charge in [-0.3, -0.25) is 29.4 Å². The molecule has 0 saturated carbocycles. The van der Waals surface area contributed by atoms with Gasteiger partial charge < -0.3 is 14.7 Å². The lowest BCUT2D eigenvalue weighted by atomic mass is 10.1. The number of nitro benzene ring substituents is 1. The summed E-state index contributed by atoms with van der Waals surface area (Å²) >= 11 is 0.604. The second kappa shape index (κ2) is 7.89. The van der Waals surface area contributed by atoms with Crippen LogP contribution >= 0.6 is 11.8 Å². The summed E-state index contributed by atoms with van der Waals surface area (Å²) in [4.78, 5) is 49.8. The van der Waals surface area contributed by atoms with E-state index in [9.17, 15) is 29.6 Å². The topological polar surface area (TPSA) is 130 Å². The quantitative estimate of drug-likeness (QED) is 0.445. The number of thioether (sulfide) groups is 1. The SMILES string of the molecule is COc1cc([N+](=O)[O-])cc(/C=C2\SC(=O)N(CC(=O)N3CCCC3)C2=O)c1O. The van der Waals surface area contributed by atoms with Gasteiger partial charge in [0.25, 0.3) is 16.8 Å². The van der Waals surface area contributed by atoms with E-state index in [1.807, 2.05) is 0 Å². The van der Waals surface area contributed by atoms with Crippen molar-refractivity contribution in [3.63, 3.8) is 0 Å². The van der Waals surface area contributed by atoms with Crippen LogP contribution in [0.5, 0.6) is 11.5 Å². The molecule has 28 heavy (non-hydrogen) atoms. The average Bonchev–Trinajstić information content (AvgIpc) is 3.28. The first-order valence-electron chi connectivity index (χ1n) is 8.40. The Labute approximate surface area is 163 Å². The van der Waals surface area contributed by atoms with Crippen LogP contribution < -0.4 is 4.74 Å². The van der Waals surface area contributed by atoms with Crippen molar-refractivity contribution in [1.29, 1.82) is 0 Å². The number of imide groups is 1. The van der Waals surface area contributed by atoms with Gasteiger partial charge in [0.2, 0.25) is 5.91 Å². The van der Waals surface area contributed by atoms with Crippen LogP contribution in [0, 0.1) is 10.1 Å². The number of nitrogens with zero attached hydrogens (tertiary/aromatic N) is 3. The number of carbonyl (C=O) groups is 3. The molecule has 10 nitrogen and oxygen atoms in total. The van der Waals surface area contributed by atoms with Crippen LogP contribution in [0.4, 0.5) is 10.5 Å². The lowest BCUT2D eigenvalue weighted by Crippen LogP contribution is -2.40. The molecular formula is C17H17N3O7S. The van der Waals surface area contributed by atoms with E-state index in [1.165, 1.54) is 13.2 Å². The Morgan fingerprint density at radius 3 is 2.64 bits per heavy atom. The van der Waals surface area contributed by atoms with Crippen LogP contribution in [-0.4, -0.2) is 63.6 Å². The van der Waals surface area contributed by atoms with Crippen molar-refractivity contribution < 1.29 is 29.2 Å². The molecule has 11 heteroatoms. The zero-order valence-corrected chi connectivity index (χ0v) is 15.7. The fraction of sp³-hybridized carbons (Fsp3) is 0.353. The number of phenols is 1. The van der Waals surface area contributed by atoms with Crippen molar-refractivity contribution in [3.05, 3.63) is 32.7 Å². The molecule has 0 atom stereocenters. The fourth-order valence-corrected chi connectivity index (χ4v) is 3.79. The predicted octanol–water partition coefficient (Wildman–Crippen LogP) is 1.97. The third kappa shape index (κ3) is 3.79. The van der Waals surface area contributed by atoms with Crippen LogP contribution in [0.25, 0.3) is 6.08 Å². The molecule has 0 aliphatic carbocycles. The maximum Gasteiger partial charge on any atom is 0.294 e. The normalized spacial score (nSPS) is 18.2. The minimum atomic E-state index is -0.688. The summed E-state index contributed by atoms with van der Waals surface area (Å²) in [6.45, 7) is 0.852. The number of benzene rings is 1. The van der Waals surface area contributed by atoms with Gasteiger partial charge in [-0.1, -0.05) is 0 Å². The number of aromatic hydroxyl groups is 1. The number of amides is 3. The molecule has 1 N–H and O–H groups in total. The van der Waals surface area contributed by atoms with E-state index in [0.29, 0.717) is 24.9 Å². The molecule has 1 aromatic carbocycles. The maximum absolute atomic E-state index is 12.6. The number of ether oxygens (including phenoxy) is 1. The number of hydrogen-bond acceptors (Lipinski definition) is 8. The Morgan fingerprint density at radius 1 is 1.36 bits per heavy atom. The number of phenolic OH excluding ortho intramolecular Hbond substituents is 1. The molecule has 3 rings (SSSR count). The zero-order chi connectivity index (χ0) is 20.4.